The van der Waals surface area contributed by atoms with Crippen LogP contribution in [-0.4, -0.2) is 16.5 Å². The van der Waals surface area contributed by atoms with E-state index >= 15 is 0 Å². The van der Waals surface area contributed by atoms with E-state index in [4.69, 9.17) is 0 Å². The van der Waals surface area contributed by atoms with Gasteiger partial charge in [-0.3, -0.25) is 0 Å². The van der Waals surface area contributed by atoms with E-state index in [1.807, 2.05) is 0 Å². The quantitative estimate of drug-likeness (QED) is 0.774. The van der Waals surface area contributed by atoms with Crippen molar-refractivity contribution in [3.8, 4) is 0 Å². The highest BCUT2D eigenvalue weighted by molar-refractivity contribution is 9.11. The second kappa shape index (κ2) is 4.32. The summed E-state index contributed by atoms with van der Waals surface area (Å²) in [7, 11) is 0. The minimum Gasteiger partial charge on any atom is -0.234 e. The fraction of sp³-hybridized carbons (Fsp3) is 0.667. The van der Waals surface area contributed by atoms with Gasteiger partial charge in [-0.15, -0.1) is 11.3 Å². The van der Waals surface area contributed by atoms with Crippen molar-refractivity contribution in [2.45, 2.75) is 25.7 Å². The van der Waals surface area contributed by atoms with E-state index in [9.17, 15) is 0 Å². The van der Waals surface area contributed by atoms with E-state index < -0.39 is 0 Å². The maximum Gasteiger partial charge on any atom is 0.159 e. The lowest BCUT2D eigenvalue weighted by Gasteiger charge is -2.20. The SMILES string of the molecule is Cc1sc(Br)nc1C1CCSCC1. The van der Waals surface area contributed by atoms with Gasteiger partial charge in [0.25, 0.3) is 0 Å². The van der Waals surface area contributed by atoms with Gasteiger partial charge in [-0.05, 0) is 47.2 Å². The molecule has 0 amide bonds. The molecule has 0 aromatic carbocycles. The van der Waals surface area contributed by atoms with E-state index in [2.05, 4.69) is 39.6 Å². The Hall–Kier alpha value is 0.460. The third-order valence-corrected chi connectivity index (χ3v) is 4.90. The van der Waals surface area contributed by atoms with Gasteiger partial charge in [0.15, 0.2) is 3.92 Å². The van der Waals surface area contributed by atoms with E-state index in [0.717, 1.165) is 9.83 Å². The average Bonchev–Trinajstić information content (AvgIpc) is 2.47. The lowest BCUT2D eigenvalue weighted by molar-refractivity contribution is 0.619. The molecule has 1 nitrogen and oxygen atoms in total. The minimum absolute atomic E-state index is 0.726. The van der Waals surface area contributed by atoms with Gasteiger partial charge in [0.2, 0.25) is 0 Å². The summed E-state index contributed by atoms with van der Waals surface area (Å²) in [6, 6.07) is 0. The summed E-state index contributed by atoms with van der Waals surface area (Å²) in [5, 5.41) is 0. The Bertz CT molecular complexity index is 292. The van der Waals surface area contributed by atoms with Gasteiger partial charge in [0.05, 0.1) is 5.69 Å². The number of hydrogen-bond acceptors (Lipinski definition) is 3. The summed E-state index contributed by atoms with van der Waals surface area (Å²) in [6.45, 7) is 2.18. The molecule has 0 atom stereocenters. The second-order valence-corrected chi connectivity index (χ2v) is 7.00. The number of thioether (sulfide) groups is 1. The fourth-order valence-corrected chi connectivity index (χ4v) is 4.46. The van der Waals surface area contributed by atoms with Crippen molar-refractivity contribution in [3.63, 3.8) is 0 Å². The molecule has 1 fully saturated rings. The first-order chi connectivity index (χ1) is 6.27. The van der Waals surface area contributed by atoms with Crippen LogP contribution in [0.3, 0.4) is 0 Å². The van der Waals surface area contributed by atoms with Crippen molar-refractivity contribution < 1.29 is 0 Å². The van der Waals surface area contributed by atoms with Gasteiger partial charge >= 0.3 is 0 Å². The predicted molar refractivity (Wildman–Crippen MR) is 63.9 cm³/mol. The fourth-order valence-electron chi connectivity index (χ4n) is 1.72. The molecule has 2 heterocycles. The van der Waals surface area contributed by atoms with E-state index in [1.54, 1.807) is 11.3 Å². The van der Waals surface area contributed by atoms with Crippen LogP contribution in [0.5, 0.6) is 0 Å². The average molecular weight is 278 g/mol. The summed E-state index contributed by atoms with van der Waals surface area (Å²) >= 11 is 7.28. The topological polar surface area (TPSA) is 12.9 Å². The largest absolute Gasteiger partial charge is 0.234 e. The number of thiazole rings is 1. The highest BCUT2D eigenvalue weighted by atomic mass is 79.9. The third kappa shape index (κ3) is 2.28. The molecule has 0 unspecified atom stereocenters. The molecule has 0 aliphatic carbocycles. The predicted octanol–water partition coefficient (Wildman–Crippen LogP) is 3.82. The molecule has 13 heavy (non-hydrogen) atoms. The molecule has 72 valence electrons. The first-order valence-electron chi connectivity index (χ1n) is 4.48. The molecular formula is C9H12BrNS2. The molecule has 1 aliphatic heterocycles. The molecule has 0 spiro atoms. The van der Waals surface area contributed by atoms with Crippen molar-refractivity contribution in [3.05, 3.63) is 14.5 Å². The van der Waals surface area contributed by atoms with Crippen LogP contribution in [-0.2, 0) is 0 Å². The van der Waals surface area contributed by atoms with Crippen molar-refractivity contribution in [1.82, 2.24) is 4.98 Å². The summed E-state index contributed by atoms with van der Waals surface area (Å²) in [5.74, 6) is 3.34. The number of aromatic nitrogens is 1. The van der Waals surface area contributed by atoms with Gasteiger partial charge in [-0.2, -0.15) is 11.8 Å². The Morgan fingerprint density at radius 2 is 2.08 bits per heavy atom. The molecule has 1 saturated heterocycles. The summed E-state index contributed by atoms with van der Waals surface area (Å²) in [4.78, 5) is 5.95. The lowest BCUT2D eigenvalue weighted by Crippen LogP contribution is -2.09. The molecule has 2 rings (SSSR count). The first kappa shape index (κ1) is 9.99. The molecule has 1 aromatic rings. The number of aryl methyl sites for hydroxylation is 1. The van der Waals surface area contributed by atoms with Crippen LogP contribution in [0.25, 0.3) is 0 Å². The summed E-state index contributed by atoms with van der Waals surface area (Å²) < 4.78 is 1.04. The van der Waals surface area contributed by atoms with Crippen LogP contribution in [0.1, 0.15) is 29.3 Å². The smallest absolute Gasteiger partial charge is 0.159 e. The number of hydrogen-bond donors (Lipinski definition) is 0. The highest BCUT2D eigenvalue weighted by Crippen LogP contribution is 2.35. The number of rotatable bonds is 1. The Kier molecular flexibility index (Phi) is 3.32. The molecule has 4 heteroatoms. The molecule has 0 bridgehead atoms. The maximum absolute atomic E-state index is 4.56. The van der Waals surface area contributed by atoms with Gasteiger partial charge in [-0.1, -0.05) is 0 Å². The van der Waals surface area contributed by atoms with E-state index in [-0.39, 0.29) is 0 Å². The van der Waals surface area contributed by atoms with Crippen LogP contribution in [0.2, 0.25) is 0 Å². The Morgan fingerprint density at radius 3 is 2.62 bits per heavy atom. The third-order valence-electron chi connectivity index (χ3n) is 2.41. The van der Waals surface area contributed by atoms with Crippen LogP contribution >= 0.6 is 39.0 Å². The number of nitrogens with zero attached hydrogens (tertiary/aromatic N) is 1. The highest BCUT2D eigenvalue weighted by Gasteiger charge is 2.20. The second-order valence-electron chi connectivity index (χ2n) is 3.29. The van der Waals surface area contributed by atoms with Crippen molar-refractivity contribution >= 4 is 39.0 Å². The first-order valence-corrected chi connectivity index (χ1v) is 7.24. The van der Waals surface area contributed by atoms with Crippen molar-refractivity contribution in [2.75, 3.05) is 11.5 Å². The molecule has 1 aliphatic rings. The van der Waals surface area contributed by atoms with Crippen molar-refractivity contribution in [2.24, 2.45) is 0 Å². The molecular weight excluding hydrogens is 266 g/mol. The zero-order chi connectivity index (χ0) is 9.26. The van der Waals surface area contributed by atoms with Gasteiger partial charge in [-0.25, -0.2) is 4.98 Å². The van der Waals surface area contributed by atoms with Crippen LogP contribution in [0, 0.1) is 6.92 Å². The van der Waals surface area contributed by atoms with Gasteiger partial charge in [0, 0.05) is 10.8 Å². The van der Waals surface area contributed by atoms with Gasteiger partial charge in [0.1, 0.15) is 0 Å². The molecule has 0 radical (unpaired) electrons. The zero-order valence-corrected chi connectivity index (χ0v) is 10.8. The Morgan fingerprint density at radius 1 is 1.38 bits per heavy atom. The molecule has 0 saturated carbocycles. The van der Waals surface area contributed by atoms with Crippen molar-refractivity contribution in [1.29, 1.82) is 0 Å². The summed E-state index contributed by atoms with van der Waals surface area (Å²) in [5.41, 5.74) is 1.34. The standard InChI is InChI=1S/C9H12BrNS2/c1-6-8(11-9(10)13-6)7-2-4-12-5-3-7/h7H,2-5H2,1H3. The Balaban J connectivity index is 2.18. The lowest BCUT2D eigenvalue weighted by atomic mass is 9.98. The molecule has 0 N–H and O–H groups in total. The van der Waals surface area contributed by atoms with Crippen LogP contribution in [0.15, 0.2) is 3.92 Å². The van der Waals surface area contributed by atoms with Gasteiger partial charge < -0.3 is 0 Å². The molecule has 1 aromatic heterocycles. The van der Waals surface area contributed by atoms with E-state index in [0.29, 0.717) is 0 Å². The zero-order valence-electron chi connectivity index (χ0n) is 7.55. The minimum atomic E-state index is 0.726. The normalized spacial score (nSPS) is 19.2. The van der Waals surface area contributed by atoms with Crippen LogP contribution < -0.4 is 0 Å². The Labute approximate surface area is 95.5 Å². The summed E-state index contributed by atoms with van der Waals surface area (Å²) in [6.07, 6.45) is 2.61. The number of halogens is 1. The monoisotopic (exact) mass is 277 g/mol. The van der Waals surface area contributed by atoms with Crippen LogP contribution in [0.4, 0.5) is 0 Å². The maximum atomic E-state index is 4.56. The van der Waals surface area contributed by atoms with E-state index in [1.165, 1.54) is 34.9 Å².